The van der Waals surface area contributed by atoms with E-state index in [9.17, 15) is 25.2 Å². The number of benzene rings is 2. The maximum atomic E-state index is 12.6. The largest absolute Gasteiger partial charge is 0.462 e. The molecule has 0 aliphatic carbocycles. The summed E-state index contributed by atoms with van der Waals surface area (Å²) in [5.41, 5.74) is 0.856. The van der Waals surface area contributed by atoms with Gasteiger partial charge in [-0.2, -0.15) is 0 Å². The minimum absolute atomic E-state index is 0.196. The molecule has 29 heavy (non-hydrogen) atoms. The summed E-state index contributed by atoms with van der Waals surface area (Å²) < 4.78 is 16.7. The molecular formula is C21H20O8. The zero-order valence-corrected chi connectivity index (χ0v) is 15.2. The number of hydrogen-bond acceptors (Lipinski definition) is 8. The van der Waals surface area contributed by atoms with Crippen LogP contribution in [0.3, 0.4) is 0 Å². The monoisotopic (exact) mass is 400 g/mol. The average molecular weight is 400 g/mol. The molecule has 4 rings (SSSR count). The molecule has 0 radical (unpaired) electrons. The van der Waals surface area contributed by atoms with Crippen LogP contribution in [0.1, 0.15) is 0 Å². The Morgan fingerprint density at radius 1 is 0.931 bits per heavy atom. The topological polar surface area (TPSA) is 130 Å². The first-order valence-corrected chi connectivity index (χ1v) is 9.08. The number of fused-ring (bicyclic) bond motifs is 1. The SMILES string of the molecule is O=c1cc(-c2ccccc2)oc2ccc(OC3OC(CO)C(O)C(O)C3O)cc12. The van der Waals surface area contributed by atoms with Crippen LogP contribution < -0.4 is 10.2 Å². The van der Waals surface area contributed by atoms with Crippen molar-refractivity contribution in [2.45, 2.75) is 30.7 Å². The number of aliphatic hydroxyl groups excluding tert-OH is 4. The van der Waals surface area contributed by atoms with Crippen LogP contribution in [-0.4, -0.2) is 57.7 Å². The molecule has 0 bridgehead atoms. The van der Waals surface area contributed by atoms with Crippen molar-refractivity contribution in [3.05, 3.63) is 64.8 Å². The Labute approximate surface area is 165 Å². The summed E-state index contributed by atoms with van der Waals surface area (Å²) in [6.45, 7) is -0.561. The van der Waals surface area contributed by atoms with E-state index in [1.165, 1.54) is 18.2 Å². The second-order valence-corrected chi connectivity index (χ2v) is 6.81. The summed E-state index contributed by atoms with van der Waals surface area (Å²) in [7, 11) is 0. The van der Waals surface area contributed by atoms with Gasteiger partial charge < -0.3 is 34.3 Å². The number of rotatable bonds is 4. The van der Waals surface area contributed by atoms with Crippen molar-refractivity contribution < 1.29 is 34.3 Å². The van der Waals surface area contributed by atoms with Crippen LogP contribution in [0.2, 0.25) is 0 Å². The van der Waals surface area contributed by atoms with Crippen LogP contribution in [0.4, 0.5) is 0 Å². The first kappa shape index (κ1) is 19.6. The molecule has 1 aliphatic rings. The fraction of sp³-hybridized carbons (Fsp3) is 0.286. The minimum Gasteiger partial charge on any atom is -0.462 e. The van der Waals surface area contributed by atoms with Crippen LogP contribution in [0.5, 0.6) is 5.75 Å². The third-order valence-corrected chi connectivity index (χ3v) is 4.86. The average Bonchev–Trinajstić information content (AvgIpc) is 2.75. The standard InChI is InChI=1S/C21H20O8/c22-10-17-18(24)19(25)20(26)21(29-17)27-12-6-7-15-13(8-12)14(23)9-16(28-15)11-4-2-1-3-5-11/h1-9,17-22,24-26H,10H2. The van der Waals surface area contributed by atoms with Gasteiger partial charge in [-0.15, -0.1) is 0 Å². The van der Waals surface area contributed by atoms with Crippen molar-refractivity contribution in [2.24, 2.45) is 0 Å². The molecule has 3 aromatic rings. The third-order valence-electron chi connectivity index (χ3n) is 4.86. The zero-order valence-electron chi connectivity index (χ0n) is 15.2. The van der Waals surface area contributed by atoms with Gasteiger partial charge in [-0.25, -0.2) is 0 Å². The van der Waals surface area contributed by atoms with E-state index in [2.05, 4.69) is 0 Å². The van der Waals surface area contributed by atoms with Gasteiger partial charge in [0.05, 0.1) is 12.0 Å². The predicted molar refractivity (Wildman–Crippen MR) is 102 cm³/mol. The highest BCUT2D eigenvalue weighted by molar-refractivity contribution is 5.80. The Morgan fingerprint density at radius 2 is 1.69 bits per heavy atom. The van der Waals surface area contributed by atoms with Crippen LogP contribution >= 0.6 is 0 Å². The highest BCUT2D eigenvalue weighted by Crippen LogP contribution is 2.27. The lowest BCUT2D eigenvalue weighted by molar-refractivity contribution is -0.277. The Balaban J connectivity index is 1.63. The van der Waals surface area contributed by atoms with E-state index in [1.54, 1.807) is 6.07 Å². The summed E-state index contributed by atoms with van der Waals surface area (Å²) in [4.78, 5) is 12.6. The maximum absolute atomic E-state index is 12.6. The quantitative estimate of drug-likeness (QED) is 0.502. The number of ether oxygens (including phenoxy) is 2. The third kappa shape index (κ3) is 3.76. The Morgan fingerprint density at radius 3 is 2.41 bits per heavy atom. The lowest BCUT2D eigenvalue weighted by atomic mass is 9.99. The van der Waals surface area contributed by atoms with Crippen molar-refractivity contribution >= 4 is 11.0 Å². The van der Waals surface area contributed by atoms with Gasteiger partial charge in [0.25, 0.3) is 0 Å². The van der Waals surface area contributed by atoms with E-state index >= 15 is 0 Å². The van der Waals surface area contributed by atoms with Gasteiger partial charge in [-0.05, 0) is 18.2 Å². The van der Waals surface area contributed by atoms with Gasteiger partial charge in [0.2, 0.25) is 6.29 Å². The molecule has 1 fully saturated rings. The molecule has 1 saturated heterocycles. The van der Waals surface area contributed by atoms with E-state index in [4.69, 9.17) is 13.9 Å². The fourth-order valence-electron chi connectivity index (χ4n) is 3.25. The van der Waals surface area contributed by atoms with Crippen molar-refractivity contribution in [1.29, 1.82) is 0 Å². The van der Waals surface area contributed by atoms with Gasteiger partial charge in [0.1, 0.15) is 41.5 Å². The molecule has 0 amide bonds. The summed E-state index contributed by atoms with van der Waals surface area (Å²) in [6, 6.07) is 15.1. The summed E-state index contributed by atoms with van der Waals surface area (Å²) in [5, 5.41) is 39.3. The number of hydrogen-bond donors (Lipinski definition) is 4. The highest BCUT2D eigenvalue weighted by atomic mass is 16.7. The predicted octanol–water partition coefficient (Wildman–Crippen LogP) is 0.639. The Hall–Kier alpha value is -2.75. The summed E-state index contributed by atoms with van der Waals surface area (Å²) >= 11 is 0. The second-order valence-electron chi connectivity index (χ2n) is 6.81. The van der Waals surface area contributed by atoms with Gasteiger partial charge >= 0.3 is 0 Å². The molecule has 5 unspecified atom stereocenters. The maximum Gasteiger partial charge on any atom is 0.229 e. The molecular weight excluding hydrogens is 380 g/mol. The van der Waals surface area contributed by atoms with Gasteiger partial charge in [0.15, 0.2) is 5.43 Å². The lowest BCUT2D eigenvalue weighted by Gasteiger charge is -2.39. The molecule has 1 aliphatic heterocycles. The van der Waals surface area contributed by atoms with Crippen molar-refractivity contribution in [1.82, 2.24) is 0 Å². The van der Waals surface area contributed by atoms with Crippen molar-refractivity contribution in [2.75, 3.05) is 6.61 Å². The second kappa shape index (κ2) is 7.94. The number of aliphatic hydroxyl groups is 4. The fourth-order valence-corrected chi connectivity index (χ4v) is 3.25. The molecule has 0 spiro atoms. The van der Waals surface area contributed by atoms with Crippen LogP contribution in [0.25, 0.3) is 22.3 Å². The van der Waals surface area contributed by atoms with Gasteiger partial charge in [0, 0.05) is 11.6 Å². The highest BCUT2D eigenvalue weighted by Gasteiger charge is 2.44. The van der Waals surface area contributed by atoms with E-state index in [0.29, 0.717) is 11.3 Å². The molecule has 8 heteroatoms. The molecule has 5 atom stereocenters. The summed E-state index contributed by atoms with van der Waals surface area (Å²) in [5.74, 6) is 0.632. The first-order chi connectivity index (χ1) is 14.0. The van der Waals surface area contributed by atoms with Crippen molar-refractivity contribution in [3.8, 4) is 17.1 Å². The molecule has 8 nitrogen and oxygen atoms in total. The van der Waals surface area contributed by atoms with E-state index in [0.717, 1.165) is 5.56 Å². The molecule has 4 N–H and O–H groups in total. The van der Waals surface area contributed by atoms with Gasteiger partial charge in [-0.1, -0.05) is 30.3 Å². The minimum atomic E-state index is -1.55. The first-order valence-electron chi connectivity index (χ1n) is 9.08. The molecule has 0 saturated carbocycles. The zero-order chi connectivity index (χ0) is 20.5. The van der Waals surface area contributed by atoms with E-state index < -0.39 is 37.3 Å². The summed E-state index contributed by atoms with van der Waals surface area (Å²) in [6.07, 6.45) is -6.99. The Bertz CT molecular complexity index is 1050. The Kier molecular flexibility index (Phi) is 5.35. The lowest BCUT2D eigenvalue weighted by Crippen LogP contribution is -2.60. The normalized spacial score (nSPS) is 27.1. The van der Waals surface area contributed by atoms with Crippen LogP contribution in [0, 0.1) is 0 Å². The van der Waals surface area contributed by atoms with Crippen molar-refractivity contribution in [3.63, 3.8) is 0 Å². The molecule has 1 aromatic heterocycles. The van der Waals surface area contributed by atoms with E-state index in [1.807, 2.05) is 30.3 Å². The molecule has 2 heterocycles. The van der Waals surface area contributed by atoms with E-state index in [-0.39, 0.29) is 16.6 Å². The van der Waals surface area contributed by atoms with Gasteiger partial charge in [-0.3, -0.25) is 4.79 Å². The smallest absolute Gasteiger partial charge is 0.229 e. The van der Waals surface area contributed by atoms with Crippen LogP contribution in [-0.2, 0) is 4.74 Å². The molecule has 152 valence electrons. The molecule has 2 aromatic carbocycles. The van der Waals surface area contributed by atoms with Crippen LogP contribution in [0.15, 0.2) is 63.8 Å².